The Labute approximate surface area is 140 Å². The first-order valence-corrected chi connectivity index (χ1v) is 8.35. The number of likely N-dealkylation sites (tertiary alicyclic amines) is 1. The number of carbonyl (C=O) groups is 1. The monoisotopic (exact) mass is 369 g/mol. The number of anilines is 1. The molecule has 1 fully saturated rings. The summed E-state index contributed by atoms with van der Waals surface area (Å²) in [6.07, 6.45) is 2.08. The molecule has 1 aliphatic heterocycles. The lowest BCUT2D eigenvalue weighted by atomic mass is 9.99. The number of carbonyl (C=O) groups excluding carboxylic acids is 1. The van der Waals surface area contributed by atoms with Crippen LogP contribution in [-0.4, -0.2) is 49.7 Å². The molecule has 2 unspecified atom stereocenters. The van der Waals surface area contributed by atoms with E-state index in [1.807, 2.05) is 25.1 Å². The lowest BCUT2D eigenvalue weighted by molar-refractivity contribution is -0.118. The average molecular weight is 370 g/mol. The highest BCUT2D eigenvalue weighted by molar-refractivity contribution is 9.10. The minimum Gasteiger partial charge on any atom is -0.381 e. The van der Waals surface area contributed by atoms with Crippen LogP contribution in [0.2, 0.25) is 0 Å². The zero-order valence-corrected chi connectivity index (χ0v) is 14.7. The Morgan fingerprint density at radius 3 is 2.95 bits per heavy atom. The predicted octanol–water partition coefficient (Wildman–Crippen LogP) is 2.13. The highest BCUT2D eigenvalue weighted by Crippen LogP contribution is 2.21. The molecule has 1 aromatic rings. The Bertz CT molecular complexity index is 524. The van der Waals surface area contributed by atoms with E-state index in [2.05, 4.69) is 26.1 Å². The van der Waals surface area contributed by atoms with Crippen LogP contribution < -0.4 is 11.1 Å². The molecule has 0 bridgehead atoms. The maximum atomic E-state index is 12.3. The second-order valence-electron chi connectivity index (χ2n) is 5.75. The van der Waals surface area contributed by atoms with Crippen molar-refractivity contribution in [1.29, 1.82) is 0 Å². The number of nitrogens with one attached hydrogen (secondary N) is 1. The van der Waals surface area contributed by atoms with Gasteiger partial charge in [0.25, 0.3) is 0 Å². The van der Waals surface area contributed by atoms with Gasteiger partial charge in [0.05, 0.1) is 12.6 Å². The largest absolute Gasteiger partial charge is 0.381 e. The molecule has 3 N–H and O–H groups in total. The van der Waals surface area contributed by atoms with Crippen LogP contribution in [0.5, 0.6) is 0 Å². The minimum atomic E-state index is -0.000241. The van der Waals surface area contributed by atoms with Gasteiger partial charge in [-0.2, -0.15) is 0 Å². The van der Waals surface area contributed by atoms with Crippen molar-refractivity contribution >= 4 is 27.5 Å². The van der Waals surface area contributed by atoms with E-state index < -0.39 is 0 Å². The maximum Gasteiger partial charge on any atom is 0.238 e. The van der Waals surface area contributed by atoms with Crippen molar-refractivity contribution in [2.45, 2.75) is 31.9 Å². The third-order valence-electron chi connectivity index (χ3n) is 4.20. The van der Waals surface area contributed by atoms with E-state index in [0.29, 0.717) is 13.1 Å². The molecule has 2 atom stereocenters. The Kier molecular flexibility index (Phi) is 6.37. The summed E-state index contributed by atoms with van der Waals surface area (Å²) in [5.74, 6) is -0.000241. The van der Waals surface area contributed by atoms with Crippen LogP contribution in [0, 0.1) is 6.92 Å². The van der Waals surface area contributed by atoms with Gasteiger partial charge in [0, 0.05) is 36.4 Å². The number of ether oxygens (including phenoxy) is 1. The van der Waals surface area contributed by atoms with Crippen LogP contribution in [0.3, 0.4) is 0 Å². The number of hydrogen-bond donors (Lipinski definition) is 2. The van der Waals surface area contributed by atoms with Gasteiger partial charge in [0.1, 0.15) is 0 Å². The smallest absolute Gasteiger partial charge is 0.238 e. The molecule has 0 spiro atoms. The van der Waals surface area contributed by atoms with Crippen LogP contribution in [0.25, 0.3) is 0 Å². The summed E-state index contributed by atoms with van der Waals surface area (Å²) in [5.41, 5.74) is 7.73. The third kappa shape index (κ3) is 4.52. The van der Waals surface area contributed by atoms with E-state index in [4.69, 9.17) is 10.5 Å². The lowest BCUT2D eigenvalue weighted by Gasteiger charge is -2.37. The van der Waals surface area contributed by atoms with E-state index >= 15 is 0 Å². The van der Waals surface area contributed by atoms with Gasteiger partial charge in [-0.25, -0.2) is 0 Å². The Balaban J connectivity index is 1.93. The number of nitrogens with zero attached hydrogens (tertiary/aromatic N) is 1. The normalized spacial score (nSPS) is 22.5. The highest BCUT2D eigenvalue weighted by atomic mass is 79.9. The fraction of sp³-hybridized carbons (Fsp3) is 0.562. The van der Waals surface area contributed by atoms with Gasteiger partial charge in [-0.3, -0.25) is 9.69 Å². The molecule has 1 amide bonds. The first-order valence-electron chi connectivity index (χ1n) is 7.56. The third-order valence-corrected chi connectivity index (χ3v) is 4.70. The van der Waals surface area contributed by atoms with E-state index in [0.717, 1.165) is 35.1 Å². The molecular weight excluding hydrogens is 346 g/mol. The highest BCUT2D eigenvalue weighted by Gasteiger charge is 2.28. The summed E-state index contributed by atoms with van der Waals surface area (Å²) < 4.78 is 6.42. The predicted molar refractivity (Wildman–Crippen MR) is 92.0 cm³/mol. The summed E-state index contributed by atoms with van der Waals surface area (Å²) in [6.45, 7) is 3.73. The lowest BCUT2D eigenvalue weighted by Crippen LogP contribution is -2.51. The molecule has 1 heterocycles. The molecule has 1 aliphatic rings. The van der Waals surface area contributed by atoms with Crippen LogP contribution in [0.4, 0.5) is 5.69 Å². The summed E-state index contributed by atoms with van der Waals surface area (Å²) >= 11 is 3.43. The topological polar surface area (TPSA) is 67.6 Å². The molecule has 0 radical (unpaired) electrons. The number of rotatable bonds is 5. The molecule has 1 aromatic carbocycles. The molecule has 22 heavy (non-hydrogen) atoms. The van der Waals surface area contributed by atoms with Crippen molar-refractivity contribution < 1.29 is 9.53 Å². The summed E-state index contributed by atoms with van der Waals surface area (Å²) in [6, 6.07) is 6.03. The van der Waals surface area contributed by atoms with E-state index in [-0.39, 0.29) is 18.1 Å². The number of aryl methyl sites for hydroxylation is 1. The summed E-state index contributed by atoms with van der Waals surface area (Å²) in [7, 11) is 1.73. The Hall–Kier alpha value is -0.950. The molecule has 6 heteroatoms. The standard InChI is InChI=1S/C16H24BrN3O2/c1-11-7-12(17)3-4-15(11)19-16(21)10-20-6-5-14(22-2)8-13(20)9-18/h3-4,7,13-14H,5-6,8-10,18H2,1-2H3,(H,19,21). The van der Waals surface area contributed by atoms with Gasteiger partial charge in [-0.1, -0.05) is 15.9 Å². The zero-order chi connectivity index (χ0) is 16.1. The molecule has 5 nitrogen and oxygen atoms in total. The van der Waals surface area contributed by atoms with Gasteiger partial charge in [0.15, 0.2) is 0 Å². The van der Waals surface area contributed by atoms with E-state index in [1.54, 1.807) is 7.11 Å². The molecular formula is C16H24BrN3O2. The molecule has 0 aliphatic carbocycles. The number of amides is 1. The molecule has 0 saturated carbocycles. The van der Waals surface area contributed by atoms with Crippen molar-refractivity contribution in [3.63, 3.8) is 0 Å². The quantitative estimate of drug-likeness (QED) is 0.834. The first kappa shape index (κ1) is 17.4. The van der Waals surface area contributed by atoms with Crippen molar-refractivity contribution in [2.24, 2.45) is 5.73 Å². The Morgan fingerprint density at radius 1 is 1.55 bits per heavy atom. The maximum absolute atomic E-state index is 12.3. The van der Waals surface area contributed by atoms with Crippen molar-refractivity contribution in [3.8, 4) is 0 Å². The van der Waals surface area contributed by atoms with Crippen LogP contribution in [0.1, 0.15) is 18.4 Å². The Morgan fingerprint density at radius 2 is 2.32 bits per heavy atom. The average Bonchev–Trinajstić information content (AvgIpc) is 2.50. The van der Waals surface area contributed by atoms with Crippen molar-refractivity contribution in [2.75, 3.05) is 32.1 Å². The SMILES string of the molecule is COC1CCN(CC(=O)Nc2ccc(Br)cc2C)C(CN)C1. The van der Waals surface area contributed by atoms with Crippen LogP contribution in [0.15, 0.2) is 22.7 Å². The fourth-order valence-electron chi connectivity index (χ4n) is 2.87. The van der Waals surface area contributed by atoms with Gasteiger partial charge >= 0.3 is 0 Å². The van der Waals surface area contributed by atoms with Gasteiger partial charge in [-0.05, 0) is 43.5 Å². The molecule has 1 saturated heterocycles. The molecule has 0 aromatic heterocycles. The number of methoxy groups -OCH3 is 1. The zero-order valence-electron chi connectivity index (χ0n) is 13.1. The van der Waals surface area contributed by atoms with Crippen molar-refractivity contribution in [1.82, 2.24) is 4.90 Å². The van der Waals surface area contributed by atoms with Gasteiger partial charge in [-0.15, -0.1) is 0 Å². The number of piperidine rings is 1. The molecule has 122 valence electrons. The number of halogens is 1. The van der Waals surface area contributed by atoms with Crippen LogP contribution in [-0.2, 0) is 9.53 Å². The first-order chi connectivity index (χ1) is 10.5. The minimum absolute atomic E-state index is 0.000241. The second-order valence-corrected chi connectivity index (χ2v) is 6.67. The number of hydrogen-bond acceptors (Lipinski definition) is 4. The number of benzene rings is 1. The van der Waals surface area contributed by atoms with Crippen molar-refractivity contribution in [3.05, 3.63) is 28.2 Å². The summed E-state index contributed by atoms with van der Waals surface area (Å²) in [5, 5.41) is 2.98. The summed E-state index contributed by atoms with van der Waals surface area (Å²) in [4.78, 5) is 14.4. The number of nitrogens with two attached hydrogens (primary N) is 1. The van der Waals surface area contributed by atoms with Gasteiger partial charge in [0.2, 0.25) is 5.91 Å². The molecule has 2 rings (SSSR count). The fourth-order valence-corrected chi connectivity index (χ4v) is 3.35. The van der Waals surface area contributed by atoms with E-state index in [9.17, 15) is 4.79 Å². The van der Waals surface area contributed by atoms with Crippen LogP contribution >= 0.6 is 15.9 Å². The van der Waals surface area contributed by atoms with E-state index in [1.165, 1.54) is 0 Å². The van der Waals surface area contributed by atoms with Gasteiger partial charge < -0.3 is 15.8 Å². The second kappa shape index (κ2) is 8.06.